The van der Waals surface area contributed by atoms with E-state index in [-0.39, 0.29) is 0 Å². The summed E-state index contributed by atoms with van der Waals surface area (Å²) in [5, 5.41) is 8.19. The molecule has 4 nitrogen and oxygen atoms in total. The van der Waals surface area contributed by atoms with Gasteiger partial charge in [-0.15, -0.1) is 0 Å². The topological polar surface area (TPSA) is 42.2 Å². The van der Waals surface area contributed by atoms with E-state index in [4.69, 9.17) is 0 Å². The molecule has 4 heteroatoms. The average Bonchev–Trinajstić information content (AvgIpc) is 2.96. The van der Waals surface area contributed by atoms with Gasteiger partial charge in [-0.3, -0.25) is 0 Å². The van der Waals surface area contributed by atoms with Crippen LogP contribution in [0.25, 0.3) is 5.52 Å². The fourth-order valence-electron chi connectivity index (χ4n) is 2.87. The van der Waals surface area contributed by atoms with Gasteiger partial charge in [0.15, 0.2) is 5.82 Å². The quantitative estimate of drug-likeness (QED) is 0.916. The van der Waals surface area contributed by atoms with Crippen molar-refractivity contribution in [2.75, 3.05) is 5.32 Å². The predicted molar refractivity (Wildman–Crippen MR) is 77.5 cm³/mol. The highest BCUT2D eigenvalue weighted by Crippen LogP contribution is 2.28. The van der Waals surface area contributed by atoms with Crippen LogP contribution in [0.4, 0.5) is 5.82 Å². The number of fused-ring (bicyclic) bond motifs is 1. The predicted octanol–water partition coefficient (Wildman–Crippen LogP) is 3.45. The summed E-state index contributed by atoms with van der Waals surface area (Å²) in [6, 6.07) is 2.71. The van der Waals surface area contributed by atoms with Crippen molar-refractivity contribution in [1.82, 2.24) is 14.6 Å². The molecule has 1 N–H and O–H groups in total. The van der Waals surface area contributed by atoms with E-state index < -0.39 is 0 Å². The van der Waals surface area contributed by atoms with Crippen LogP contribution >= 0.6 is 0 Å². The van der Waals surface area contributed by atoms with Crippen molar-refractivity contribution < 1.29 is 0 Å². The van der Waals surface area contributed by atoms with Crippen molar-refractivity contribution in [3.8, 4) is 0 Å². The minimum absolute atomic E-state index is 0.444. The van der Waals surface area contributed by atoms with Crippen LogP contribution in [0.1, 0.15) is 51.6 Å². The maximum Gasteiger partial charge on any atom is 0.152 e. The molecule has 2 atom stereocenters. The largest absolute Gasteiger partial charge is 0.366 e. The lowest BCUT2D eigenvalue weighted by molar-refractivity contribution is 0.602. The van der Waals surface area contributed by atoms with Gasteiger partial charge in [0.05, 0.1) is 5.69 Å². The van der Waals surface area contributed by atoms with Crippen LogP contribution < -0.4 is 5.32 Å². The number of hydrogen-bond acceptors (Lipinski definition) is 3. The van der Waals surface area contributed by atoms with E-state index in [1.807, 2.05) is 16.9 Å². The van der Waals surface area contributed by atoms with Crippen LogP contribution in [0.5, 0.6) is 0 Å². The van der Waals surface area contributed by atoms with E-state index in [0.29, 0.717) is 12.0 Å². The lowest BCUT2D eigenvalue weighted by Crippen LogP contribution is -2.16. The highest BCUT2D eigenvalue weighted by atomic mass is 15.2. The Balaban J connectivity index is 1.90. The maximum atomic E-state index is 4.60. The molecule has 19 heavy (non-hydrogen) atoms. The summed E-state index contributed by atoms with van der Waals surface area (Å²) < 4.78 is 1.93. The van der Waals surface area contributed by atoms with E-state index in [1.165, 1.54) is 19.3 Å². The number of hydrogen-bond donors (Lipinski definition) is 1. The lowest BCUT2D eigenvalue weighted by atomic mass is 10.1. The van der Waals surface area contributed by atoms with E-state index in [2.05, 4.69) is 42.2 Å². The fraction of sp³-hybridized carbons (Fsp3) is 0.600. The first-order valence-corrected chi connectivity index (χ1v) is 7.24. The molecule has 1 fully saturated rings. The maximum absolute atomic E-state index is 4.60. The second-order valence-corrected chi connectivity index (χ2v) is 6.09. The molecule has 2 unspecified atom stereocenters. The van der Waals surface area contributed by atoms with Crippen LogP contribution in [0, 0.1) is 5.92 Å². The zero-order valence-corrected chi connectivity index (χ0v) is 11.9. The molecule has 0 spiro atoms. The highest BCUT2D eigenvalue weighted by Gasteiger charge is 2.22. The first-order valence-electron chi connectivity index (χ1n) is 7.24. The van der Waals surface area contributed by atoms with Crippen LogP contribution in [-0.4, -0.2) is 20.6 Å². The summed E-state index contributed by atoms with van der Waals surface area (Å²) in [7, 11) is 0. The van der Waals surface area contributed by atoms with Gasteiger partial charge >= 0.3 is 0 Å². The Morgan fingerprint density at radius 1 is 1.37 bits per heavy atom. The summed E-state index contributed by atoms with van der Waals surface area (Å²) in [5.74, 6) is 2.24. The molecule has 0 bridgehead atoms. The molecule has 102 valence electrons. The number of nitrogens with one attached hydrogen (secondary N) is 1. The minimum Gasteiger partial charge on any atom is -0.366 e. The van der Waals surface area contributed by atoms with E-state index >= 15 is 0 Å². The van der Waals surface area contributed by atoms with Gasteiger partial charge < -0.3 is 5.32 Å². The van der Waals surface area contributed by atoms with Gasteiger partial charge in [0.1, 0.15) is 5.52 Å². The number of rotatable bonds is 3. The van der Waals surface area contributed by atoms with Crippen LogP contribution in [0.15, 0.2) is 18.5 Å². The van der Waals surface area contributed by atoms with E-state index in [9.17, 15) is 0 Å². The Labute approximate surface area is 114 Å². The van der Waals surface area contributed by atoms with Gasteiger partial charge in [-0.05, 0) is 37.2 Å². The van der Waals surface area contributed by atoms with Crippen molar-refractivity contribution in [3.05, 3.63) is 24.2 Å². The molecule has 0 amide bonds. The van der Waals surface area contributed by atoms with Crippen molar-refractivity contribution in [1.29, 1.82) is 0 Å². The monoisotopic (exact) mass is 258 g/mol. The van der Waals surface area contributed by atoms with Gasteiger partial charge in [-0.25, -0.2) is 9.50 Å². The number of aromatic nitrogens is 3. The minimum atomic E-state index is 0.444. The van der Waals surface area contributed by atoms with Gasteiger partial charge in [-0.2, -0.15) is 5.10 Å². The van der Waals surface area contributed by atoms with E-state index in [1.54, 1.807) is 0 Å². The summed E-state index contributed by atoms with van der Waals surface area (Å²) in [5.41, 5.74) is 2.21. The Morgan fingerprint density at radius 3 is 2.89 bits per heavy atom. The van der Waals surface area contributed by atoms with E-state index in [0.717, 1.165) is 22.9 Å². The normalized spacial score (nSPS) is 23.4. The smallest absolute Gasteiger partial charge is 0.152 e. The molecule has 0 aliphatic heterocycles. The fourth-order valence-corrected chi connectivity index (χ4v) is 2.87. The molecule has 1 aliphatic carbocycles. The molecule has 2 heterocycles. The van der Waals surface area contributed by atoms with Crippen molar-refractivity contribution in [2.45, 2.75) is 52.0 Å². The lowest BCUT2D eigenvalue weighted by Gasteiger charge is -2.13. The molecule has 0 saturated heterocycles. The molecule has 3 rings (SSSR count). The highest BCUT2D eigenvalue weighted by molar-refractivity contribution is 5.68. The van der Waals surface area contributed by atoms with Crippen molar-refractivity contribution in [2.24, 2.45) is 5.92 Å². The summed E-state index contributed by atoms with van der Waals surface area (Å²) in [6.07, 6.45) is 7.55. The molecule has 1 aliphatic rings. The molecule has 0 radical (unpaired) electrons. The first-order chi connectivity index (χ1) is 9.13. The second-order valence-electron chi connectivity index (χ2n) is 6.09. The zero-order valence-electron chi connectivity index (χ0n) is 11.9. The van der Waals surface area contributed by atoms with Crippen LogP contribution in [0.3, 0.4) is 0 Å². The SMILES string of the molecule is CC1CCC(Nc2nccn3nc(C(C)C)cc23)C1. The standard InChI is InChI=1S/C15H22N4/c1-10(2)13-9-14-15(16-6-7-19(14)18-13)17-12-5-4-11(3)8-12/h6-7,9-12H,4-5,8H2,1-3H3,(H,16,17). The molecular weight excluding hydrogens is 236 g/mol. The first kappa shape index (κ1) is 12.5. The third-order valence-electron chi connectivity index (χ3n) is 4.04. The zero-order chi connectivity index (χ0) is 13.4. The summed E-state index contributed by atoms with van der Waals surface area (Å²) in [4.78, 5) is 4.50. The van der Waals surface area contributed by atoms with Gasteiger partial charge in [-0.1, -0.05) is 20.8 Å². The Kier molecular flexibility index (Phi) is 3.17. The summed E-state index contributed by atoms with van der Waals surface area (Å²) >= 11 is 0. The van der Waals surface area contributed by atoms with Gasteiger partial charge in [0.25, 0.3) is 0 Å². The third-order valence-corrected chi connectivity index (χ3v) is 4.04. The third kappa shape index (κ3) is 2.44. The molecule has 0 aromatic carbocycles. The Bertz CT molecular complexity index is 573. The van der Waals surface area contributed by atoms with Crippen LogP contribution in [-0.2, 0) is 0 Å². The number of anilines is 1. The molecular formula is C15H22N4. The molecule has 2 aromatic heterocycles. The summed E-state index contributed by atoms with van der Waals surface area (Å²) in [6.45, 7) is 6.66. The van der Waals surface area contributed by atoms with Crippen molar-refractivity contribution >= 4 is 11.3 Å². The second kappa shape index (κ2) is 4.83. The average molecular weight is 258 g/mol. The number of nitrogens with zero attached hydrogens (tertiary/aromatic N) is 3. The van der Waals surface area contributed by atoms with Crippen LogP contribution in [0.2, 0.25) is 0 Å². The Hall–Kier alpha value is -1.58. The molecule has 1 saturated carbocycles. The van der Waals surface area contributed by atoms with Crippen molar-refractivity contribution in [3.63, 3.8) is 0 Å². The van der Waals surface area contributed by atoms with Gasteiger partial charge in [0.2, 0.25) is 0 Å². The Morgan fingerprint density at radius 2 is 2.21 bits per heavy atom. The van der Waals surface area contributed by atoms with Gasteiger partial charge in [0, 0.05) is 18.4 Å². The molecule has 2 aromatic rings.